The molecule has 1 saturated heterocycles. The number of benzene rings is 2. The van der Waals surface area contributed by atoms with E-state index in [2.05, 4.69) is 11.9 Å². The zero-order valence-corrected chi connectivity index (χ0v) is 20.8. The second-order valence-corrected chi connectivity index (χ2v) is 8.97. The summed E-state index contributed by atoms with van der Waals surface area (Å²) in [4.78, 5) is 33.8. The van der Waals surface area contributed by atoms with Crippen LogP contribution < -0.4 is 4.74 Å². The molecule has 36 heavy (non-hydrogen) atoms. The number of hydrogen-bond acceptors (Lipinski definition) is 4. The first-order valence-electron chi connectivity index (χ1n) is 12.6. The number of ether oxygens (including phenoxy) is 1. The Morgan fingerprint density at radius 3 is 2.44 bits per heavy atom. The van der Waals surface area contributed by atoms with Gasteiger partial charge >= 0.3 is 0 Å². The molecule has 1 fully saturated rings. The first kappa shape index (κ1) is 25.2. The van der Waals surface area contributed by atoms with Gasteiger partial charge in [-0.1, -0.05) is 43.3 Å². The summed E-state index contributed by atoms with van der Waals surface area (Å²) in [6.45, 7) is 4.58. The van der Waals surface area contributed by atoms with Crippen LogP contribution in [-0.4, -0.2) is 52.3 Å². The number of nitrogens with zero attached hydrogens (tertiary/aromatic N) is 3. The van der Waals surface area contributed by atoms with Gasteiger partial charge in [-0.15, -0.1) is 0 Å². The predicted molar refractivity (Wildman–Crippen MR) is 141 cm³/mol. The molecule has 1 aromatic heterocycles. The van der Waals surface area contributed by atoms with Gasteiger partial charge in [-0.3, -0.25) is 14.6 Å². The summed E-state index contributed by atoms with van der Waals surface area (Å²) in [7, 11) is 0. The fraction of sp³-hybridized carbons (Fsp3) is 0.300. The van der Waals surface area contributed by atoms with Crippen molar-refractivity contribution in [1.82, 2.24) is 14.8 Å². The van der Waals surface area contributed by atoms with Crippen LogP contribution in [0.2, 0.25) is 0 Å². The Balaban J connectivity index is 1.30. The van der Waals surface area contributed by atoms with Crippen LogP contribution in [0.3, 0.4) is 0 Å². The van der Waals surface area contributed by atoms with E-state index in [9.17, 15) is 9.59 Å². The Labute approximate surface area is 213 Å². The third-order valence-corrected chi connectivity index (χ3v) is 6.39. The highest BCUT2D eigenvalue weighted by Gasteiger charge is 2.28. The minimum Gasteiger partial charge on any atom is -0.489 e. The summed E-state index contributed by atoms with van der Waals surface area (Å²) in [5.41, 5.74) is 2.67. The van der Waals surface area contributed by atoms with Crippen molar-refractivity contribution in [2.45, 2.75) is 38.8 Å². The molecule has 6 heteroatoms. The topological polar surface area (TPSA) is 62.7 Å². The van der Waals surface area contributed by atoms with E-state index in [0.717, 1.165) is 36.1 Å². The van der Waals surface area contributed by atoms with Crippen LogP contribution in [-0.2, 0) is 11.4 Å². The lowest BCUT2D eigenvalue weighted by atomic mass is 10.0. The number of aromatic nitrogens is 1. The number of carbonyl (C=O) groups excluding carboxylic acids is 2. The lowest BCUT2D eigenvalue weighted by Crippen LogP contribution is -2.48. The third kappa shape index (κ3) is 6.81. The molecule has 2 heterocycles. The predicted octanol–water partition coefficient (Wildman–Crippen LogP) is 5.22. The summed E-state index contributed by atoms with van der Waals surface area (Å²) in [6.07, 6.45) is 9.51. The van der Waals surface area contributed by atoms with E-state index in [1.54, 1.807) is 18.5 Å². The quantitative estimate of drug-likeness (QED) is 0.392. The number of piperidine rings is 1. The van der Waals surface area contributed by atoms with Gasteiger partial charge in [0.2, 0.25) is 5.91 Å². The number of pyridine rings is 1. The van der Waals surface area contributed by atoms with Crippen LogP contribution in [0.5, 0.6) is 5.75 Å². The van der Waals surface area contributed by atoms with E-state index >= 15 is 0 Å². The van der Waals surface area contributed by atoms with E-state index in [-0.39, 0.29) is 17.9 Å². The van der Waals surface area contributed by atoms with Gasteiger partial charge in [0.15, 0.2) is 0 Å². The summed E-state index contributed by atoms with van der Waals surface area (Å²) < 4.78 is 5.81. The molecule has 0 radical (unpaired) electrons. The number of hydrogen-bond donors (Lipinski definition) is 0. The molecule has 3 aromatic rings. The van der Waals surface area contributed by atoms with Crippen molar-refractivity contribution in [2.75, 3.05) is 19.6 Å². The van der Waals surface area contributed by atoms with Gasteiger partial charge in [0, 0.05) is 55.3 Å². The average Bonchev–Trinajstić information content (AvgIpc) is 2.95. The van der Waals surface area contributed by atoms with E-state index in [1.165, 1.54) is 0 Å². The Bertz CT molecular complexity index is 1140. The van der Waals surface area contributed by atoms with Crippen LogP contribution in [0.1, 0.15) is 47.7 Å². The minimum absolute atomic E-state index is 0.0154. The van der Waals surface area contributed by atoms with Crippen LogP contribution in [0, 0.1) is 0 Å². The molecule has 2 aromatic carbocycles. The molecule has 4 rings (SSSR count). The number of rotatable bonds is 9. The monoisotopic (exact) mass is 483 g/mol. The van der Waals surface area contributed by atoms with Crippen molar-refractivity contribution in [1.29, 1.82) is 0 Å². The van der Waals surface area contributed by atoms with E-state index in [4.69, 9.17) is 4.74 Å². The Kier molecular flexibility index (Phi) is 8.87. The maximum absolute atomic E-state index is 13.1. The second-order valence-electron chi connectivity index (χ2n) is 8.97. The molecule has 0 N–H and O–H groups in total. The van der Waals surface area contributed by atoms with Crippen molar-refractivity contribution in [3.63, 3.8) is 0 Å². The summed E-state index contributed by atoms with van der Waals surface area (Å²) in [5, 5.41) is 0. The van der Waals surface area contributed by atoms with E-state index in [1.807, 2.05) is 82.6 Å². The highest BCUT2D eigenvalue weighted by atomic mass is 16.5. The van der Waals surface area contributed by atoms with E-state index in [0.29, 0.717) is 31.8 Å². The standard InChI is InChI=1S/C30H33N3O3/c1-2-19-33(27-16-20-32(21-17-27)30(35)26-8-4-3-5-9-26)29(34)15-12-24-10-13-28(14-11-24)36-23-25-7-6-18-31-22-25/h3-15,18,22,27H,2,16-17,19-21,23H2,1H3/b15-12+. The molecule has 0 unspecified atom stereocenters. The van der Waals surface area contributed by atoms with E-state index < -0.39 is 0 Å². The third-order valence-electron chi connectivity index (χ3n) is 6.39. The Hall–Kier alpha value is -3.93. The largest absolute Gasteiger partial charge is 0.489 e. The van der Waals surface area contributed by atoms with Gasteiger partial charge in [0.05, 0.1) is 0 Å². The zero-order chi connectivity index (χ0) is 25.2. The molecule has 0 bridgehead atoms. The molecule has 0 saturated carbocycles. The molecule has 0 atom stereocenters. The van der Waals surface area contributed by atoms with Gasteiger partial charge in [-0.2, -0.15) is 0 Å². The van der Waals surface area contributed by atoms with Crippen molar-refractivity contribution in [3.8, 4) is 5.75 Å². The van der Waals surface area contributed by atoms with Gasteiger partial charge < -0.3 is 14.5 Å². The van der Waals surface area contributed by atoms with Crippen molar-refractivity contribution < 1.29 is 14.3 Å². The fourth-order valence-corrected chi connectivity index (χ4v) is 4.45. The SMILES string of the molecule is CCCN(C(=O)/C=C/c1ccc(OCc2cccnc2)cc1)C1CCN(C(=O)c2ccccc2)CC1. The fourth-order valence-electron chi connectivity index (χ4n) is 4.45. The number of likely N-dealkylation sites (tertiary alicyclic amines) is 1. The van der Waals surface area contributed by atoms with Crippen molar-refractivity contribution in [3.05, 3.63) is 102 Å². The lowest BCUT2D eigenvalue weighted by molar-refractivity contribution is -0.129. The van der Waals surface area contributed by atoms with Crippen molar-refractivity contribution >= 4 is 17.9 Å². The molecule has 2 amide bonds. The normalized spacial score (nSPS) is 14.1. The summed E-state index contributed by atoms with van der Waals surface area (Å²) in [6, 6.07) is 21.1. The zero-order valence-electron chi connectivity index (χ0n) is 20.8. The molecule has 186 valence electrons. The van der Waals surface area contributed by atoms with Crippen LogP contribution in [0.4, 0.5) is 0 Å². The Morgan fingerprint density at radius 1 is 1.03 bits per heavy atom. The first-order valence-corrected chi connectivity index (χ1v) is 12.6. The molecule has 0 spiro atoms. The molecule has 6 nitrogen and oxygen atoms in total. The summed E-state index contributed by atoms with van der Waals surface area (Å²) in [5.74, 6) is 0.850. The number of amides is 2. The Morgan fingerprint density at radius 2 is 1.78 bits per heavy atom. The maximum atomic E-state index is 13.1. The molecular formula is C30H33N3O3. The van der Waals surface area contributed by atoms with Gasteiger partial charge in [-0.25, -0.2) is 0 Å². The second kappa shape index (κ2) is 12.7. The van der Waals surface area contributed by atoms with Crippen molar-refractivity contribution in [2.24, 2.45) is 0 Å². The van der Waals surface area contributed by atoms with Gasteiger partial charge in [0.1, 0.15) is 12.4 Å². The van der Waals surface area contributed by atoms with Crippen LogP contribution in [0.25, 0.3) is 6.08 Å². The first-order chi connectivity index (χ1) is 17.6. The molecular weight excluding hydrogens is 450 g/mol. The summed E-state index contributed by atoms with van der Waals surface area (Å²) >= 11 is 0. The van der Waals surface area contributed by atoms with Gasteiger partial charge in [-0.05, 0) is 61.2 Å². The molecule has 1 aliphatic rings. The minimum atomic E-state index is 0.0154. The highest BCUT2D eigenvalue weighted by Crippen LogP contribution is 2.20. The van der Waals surface area contributed by atoms with Crippen LogP contribution in [0.15, 0.2) is 85.2 Å². The smallest absolute Gasteiger partial charge is 0.253 e. The highest BCUT2D eigenvalue weighted by molar-refractivity contribution is 5.94. The lowest BCUT2D eigenvalue weighted by Gasteiger charge is -2.38. The average molecular weight is 484 g/mol. The number of carbonyl (C=O) groups is 2. The van der Waals surface area contributed by atoms with Crippen LogP contribution >= 0.6 is 0 Å². The molecule has 0 aliphatic carbocycles. The molecule has 1 aliphatic heterocycles. The van der Waals surface area contributed by atoms with Gasteiger partial charge in [0.25, 0.3) is 5.91 Å². The maximum Gasteiger partial charge on any atom is 0.253 e.